The van der Waals surface area contributed by atoms with Crippen LogP contribution in [0.15, 0.2) is 30.7 Å². The molecule has 3 heterocycles. The molecule has 140 valence electrons. The van der Waals surface area contributed by atoms with Gasteiger partial charge in [-0.25, -0.2) is 0 Å². The molecule has 2 aliphatic rings. The smallest absolute Gasteiger partial charge is 0.223 e. The number of nitrogens with one attached hydrogen (secondary N) is 1. The highest BCUT2D eigenvalue weighted by molar-refractivity contribution is 5.78. The topological polar surface area (TPSA) is 68.0 Å². The van der Waals surface area contributed by atoms with Gasteiger partial charge in [-0.3, -0.25) is 14.2 Å². The summed E-state index contributed by atoms with van der Waals surface area (Å²) in [5.41, 5.74) is 1.13. The van der Waals surface area contributed by atoms with E-state index in [1.54, 1.807) is 0 Å². The summed E-state index contributed by atoms with van der Waals surface area (Å²) in [4.78, 5) is 14.8. The van der Waals surface area contributed by atoms with Crippen LogP contribution in [0.4, 0.5) is 0 Å². The van der Waals surface area contributed by atoms with Gasteiger partial charge in [-0.2, -0.15) is 10.2 Å². The molecule has 2 aromatic heterocycles. The fraction of sp³-hybridized carbons (Fsp3) is 0.632. The number of hydrogen-bond donors (Lipinski definition) is 1. The average molecular weight is 356 g/mol. The summed E-state index contributed by atoms with van der Waals surface area (Å²) in [6.07, 6.45) is 10.4. The normalized spacial score (nSPS) is 24.8. The molecule has 26 heavy (non-hydrogen) atoms. The zero-order chi connectivity index (χ0) is 18.1. The number of nitrogens with zero attached hydrogens (tertiary/aromatic N) is 5. The maximum Gasteiger partial charge on any atom is 0.223 e. The molecule has 0 spiro atoms. The lowest BCUT2D eigenvalue weighted by Gasteiger charge is -2.43. The van der Waals surface area contributed by atoms with E-state index >= 15 is 0 Å². The van der Waals surface area contributed by atoms with Gasteiger partial charge >= 0.3 is 0 Å². The Balaban J connectivity index is 1.49. The predicted octanol–water partition coefficient (Wildman–Crippen LogP) is 1.88. The monoisotopic (exact) mass is 356 g/mol. The first-order valence-electron chi connectivity index (χ1n) is 9.66. The first kappa shape index (κ1) is 17.3. The molecular weight excluding hydrogens is 328 g/mol. The number of carbonyl (C=O) groups excluding carboxylic acids is 1. The number of carbonyl (C=O) groups is 1. The largest absolute Gasteiger partial charge is 0.330 e. The van der Waals surface area contributed by atoms with E-state index < -0.39 is 0 Å². The van der Waals surface area contributed by atoms with Crippen LogP contribution in [-0.4, -0.2) is 48.5 Å². The molecule has 1 saturated carbocycles. The molecule has 7 heteroatoms. The quantitative estimate of drug-likeness (QED) is 0.822. The van der Waals surface area contributed by atoms with E-state index in [9.17, 15) is 4.79 Å². The van der Waals surface area contributed by atoms with Gasteiger partial charge in [0.2, 0.25) is 5.91 Å². The fourth-order valence-corrected chi connectivity index (χ4v) is 4.10. The van der Waals surface area contributed by atoms with Crippen LogP contribution in [0.5, 0.6) is 0 Å². The Hall–Kier alpha value is -2.15. The third kappa shape index (κ3) is 3.53. The zero-order valence-corrected chi connectivity index (χ0v) is 15.6. The van der Waals surface area contributed by atoms with Crippen LogP contribution >= 0.6 is 0 Å². The summed E-state index contributed by atoms with van der Waals surface area (Å²) in [5.74, 6) is 0.293. The van der Waals surface area contributed by atoms with Crippen molar-refractivity contribution in [1.29, 1.82) is 0 Å². The van der Waals surface area contributed by atoms with Crippen LogP contribution < -0.4 is 5.32 Å². The number of piperidine rings is 1. The third-order valence-corrected chi connectivity index (χ3v) is 5.59. The molecule has 1 N–H and O–H groups in total. The van der Waals surface area contributed by atoms with Crippen LogP contribution in [0.1, 0.15) is 50.8 Å². The van der Waals surface area contributed by atoms with Crippen LogP contribution in [0.3, 0.4) is 0 Å². The maximum atomic E-state index is 12.7. The second-order valence-electron chi connectivity index (χ2n) is 7.63. The van der Waals surface area contributed by atoms with Crippen molar-refractivity contribution in [3.63, 3.8) is 0 Å². The van der Waals surface area contributed by atoms with Crippen molar-refractivity contribution in [2.45, 2.75) is 69.7 Å². The van der Waals surface area contributed by atoms with E-state index in [1.165, 1.54) is 0 Å². The molecule has 1 saturated heterocycles. The van der Waals surface area contributed by atoms with E-state index in [2.05, 4.69) is 33.4 Å². The molecule has 2 aromatic rings. The van der Waals surface area contributed by atoms with Gasteiger partial charge in [-0.15, -0.1) is 0 Å². The number of amides is 1. The van der Waals surface area contributed by atoms with Crippen molar-refractivity contribution in [2.24, 2.45) is 7.05 Å². The van der Waals surface area contributed by atoms with E-state index in [-0.39, 0.29) is 12.1 Å². The van der Waals surface area contributed by atoms with E-state index in [0.717, 1.165) is 37.9 Å². The average Bonchev–Trinajstić information content (AvgIpc) is 3.14. The Morgan fingerprint density at radius 2 is 2.12 bits per heavy atom. The van der Waals surface area contributed by atoms with Crippen LogP contribution in [-0.2, 0) is 18.4 Å². The van der Waals surface area contributed by atoms with E-state index in [1.807, 2.05) is 41.1 Å². The number of aryl methyl sites for hydroxylation is 2. The minimum Gasteiger partial charge on any atom is -0.330 e. The molecule has 0 radical (unpaired) electrons. The van der Waals surface area contributed by atoms with Crippen molar-refractivity contribution >= 4 is 5.91 Å². The predicted molar refractivity (Wildman–Crippen MR) is 98.3 cm³/mol. The summed E-state index contributed by atoms with van der Waals surface area (Å²) in [7, 11) is 1.97. The molecule has 1 amide bonds. The minimum atomic E-state index is 0.0726. The highest BCUT2D eigenvalue weighted by Crippen LogP contribution is 2.40. The lowest BCUT2D eigenvalue weighted by atomic mass is 9.91. The summed E-state index contributed by atoms with van der Waals surface area (Å²) < 4.78 is 3.89. The number of rotatable bonds is 7. The highest BCUT2D eigenvalue weighted by Gasteiger charge is 2.45. The van der Waals surface area contributed by atoms with Gasteiger partial charge in [0.15, 0.2) is 0 Å². The number of hydrogen-bond acceptors (Lipinski definition) is 4. The third-order valence-electron chi connectivity index (χ3n) is 5.59. The Morgan fingerprint density at radius 3 is 2.77 bits per heavy atom. The molecule has 0 aromatic carbocycles. The van der Waals surface area contributed by atoms with Gasteiger partial charge in [-0.1, -0.05) is 0 Å². The fourth-order valence-electron chi connectivity index (χ4n) is 4.10. The molecule has 0 unspecified atom stereocenters. The number of aromatic nitrogens is 4. The maximum absolute atomic E-state index is 12.7. The van der Waals surface area contributed by atoms with Crippen LogP contribution in [0.2, 0.25) is 0 Å². The van der Waals surface area contributed by atoms with Gasteiger partial charge < -0.3 is 10.2 Å². The summed E-state index contributed by atoms with van der Waals surface area (Å²) in [6.45, 7) is 3.12. The highest BCUT2D eigenvalue weighted by atomic mass is 16.2. The Labute approximate surface area is 154 Å². The molecule has 0 bridgehead atoms. The lowest BCUT2D eigenvalue weighted by Crippen LogP contribution is -2.54. The Kier molecular flexibility index (Phi) is 4.80. The molecular formula is C19H28N6O. The molecule has 1 aliphatic carbocycles. The van der Waals surface area contributed by atoms with E-state index in [0.29, 0.717) is 24.4 Å². The molecule has 2 fully saturated rings. The van der Waals surface area contributed by atoms with Gasteiger partial charge in [0.1, 0.15) is 0 Å². The first-order chi connectivity index (χ1) is 12.6. The van der Waals surface area contributed by atoms with E-state index in [4.69, 9.17) is 0 Å². The number of likely N-dealkylation sites (tertiary alicyclic amines) is 1. The van der Waals surface area contributed by atoms with Gasteiger partial charge in [0, 0.05) is 56.7 Å². The van der Waals surface area contributed by atoms with Gasteiger partial charge in [-0.05, 0) is 44.7 Å². The van der Waals surface area contributed by atoms with Crippen molar-refractivity contribution < 1.29 is 4.79 Å². The van der Waals surface area contributed by atoms with Crippen molar-refractivity contribution in [2.75, 3.05) is 0 Å². The molecule has 3 atom stereocenters. The molecule has 4 rings (SSSR count). The zero-order valence-electron chi connectivity index (χ0n) is 15.6. The van der Waals surface area contributed by atoms with Crippen LogP contribution in [0, 0.1) is 0 Å². The molecule has 1 aliphatic heterocycles. The van der Waals surface area contributed by atoms with Crippen molar-refractivity contribution in [3.8, 4) is 0 Å². The van der Waals surface area contributed by atoms with Gasteiger partial charge in [0.25, 0.3) is 0 Å². The summed E-state index contributed by atoms with van der Waals surface area (Å²) in [6, 6.07) is 5.11. The standard InChI is InChI=1S/C19H28N6O/c1-14(9-13-24-12-3-10-21-24)22-16-6-7-18(26)25(15-4-5-15)19(16)17-8-11-20-23(17)2/h3,8,10-12,14-16,19,22H,4-7,9,13H2,1-2H3/t14-,16+,19+/m0/s1. The minimum absolute atomic E-state index is 0.0726. The Morgan fingerprint density at radius 1 is 1.27 bits per heavy atom. The Bertz CT molecular complexity index is 735. The van der Waals surface area contributed by atoms with Gasteiger partial charge in [0.05, 0.1) is 11.7 Å². The second-order valence-corrected chi connectivity index (χ2v) is 7.63. The SMILES string of the molecule is C[C@@H](CCn1cccn1)N[C@@H]1CCC(=O)N(C2CC2)[C@H]1c1ccnn1C. The van der Waals surface area contributed by atoms with Crippen molar-refractivity contribution in [1.82, 2.24) is 29.8 Å². The van der Waals surface area contributed by atoms with Crippen LogP contribution in [0.25, 0.3) is 0 Å². The summed E-state index contributed by atoms with van der Waals surface area (Å²) in [5, 5.41) is 12.4. The first-order valence-corrected chi connectivity index (χ1v) is 9.66. The lowest BCUT2D eigenvalue weighted by molar-refractivity contribution is -0.139. The second kappa shape index (κ2) is 7.23. The van der Waals surface area contributed by atoms with Crippen molar-refractivity contribution in [3.05, 3.63) is 36.4 Å². The molecule has 7 nitrogen and oxygen atoms in total. The summed E-state index contributed by atoms with van der Waals surface area (Å²) >= 11 is 0.